The smallest absolute Gasteiger partial charge is 0.190 e. The minimum Gasteiger partial charge on any atom is -0.224 e. The van der Waals surface area contributed by atoms with Crippen molar-refractivity contribution in [2.75, 3.05) is 6.26 Å². The quantitative estimate of drug-likeness (QED) is 0.481. The number of aromatic nitrogens is 5. The molecule has 1 aliphatic rings. The van der Waals surface area contributed by atoms with Gasteiger partial charge in [-0.15, -0.1) is 5.10 Å². The molecule has 2 aromatic rings. The van der Waals surface area contributed by atoms with Crippen LogP contribution in [-0.4, -0.2) is 31.2 Å². The van der Waals surface area contributed by atoms with Crippen LogP contribution in [0.25, 0.3) is 11.2 Å². The average Bonchev–Trinajstić information content (AvgIpc) is 2.84. The molecule has 5 nitrogen and oxygen atoms in total. The van der Waals surface area contributed by atoms with Crippen molar-refractivity contribution >= 4 is 34.5 Å². The minimum atomic E-state index is 0.395. The summed E-state index contributed by atoms with van der Waals surface area (Å²) in [7, 11) is 0. The summed E-state index contributed by atoms with van der Waals surface area (Å²) in [4.78, 5) is 8.67. The van der Waals surface area contributed by atoms with E-state index in [1.807, 2.05) is 10.9 Å². The summed E-state index contributed by atoms with van der Waals surface area (Å²) in [5.74, 6) is 0. The van der Waals surface area contributed by atoms with Crippen LogP contribution in [0.4, 0.5) is 0 Å². The molecule has 2 heterocycles. The number of rotatable bonds is 2. The van der Waals surface area contributed by atoms with Gasteiger partial charge in [-0.05, 0) is 19.1 Å². The highest BCUT2D eigenvalue weighted by Gasteiger charge is 2.21. The molecule has 0 N–H and O–H groups in total. The summed E-state index contributed by atoms with van der Waals surface area (Å²) in [6.07, 6.45) is 8.05. The predicted octanol–water partition coefficient (Wildman–Crippen LogP) is 3.10. The Bertz CT molecular complexity index is 564. The fourth-order valence-electron chi connectivity index (χ4n) is 2.44. The van der Waals surface area contributed by atoms with E-state index in [0.717, 1.165) is 18.5 Å². The van der Waals surface area contributed by atoms with Crippen LogP contribution in [0.3, 0.4) is 0 Å². The van der Waals surface area contributed by atoms with Crippen LogP contribution >= 0.6 is 23.4 Å². The zero-order valence-electron chi connectivity index (χ0n) is 10.1. The molecule has 0 atom stereocenters. The maximum Gasteiger partial charge on any atom is 0.190 e. The second kappa shape index (κ2) is 5.01. The highest BCUT2D eigenvalue weighted by atomic mass is 35.5. The molecule has 1 saturated carbocycles. The van der Waals surface area contributed by atoms with Crippen molar-refractivity contribution in [2.45, 2.75) is 43.3 Å². The molecule has 3 rings (SSSR count). The molecule has 0 spiro atoms. The molecule has 96 valence electrons. The molecule has 18 heavy (non-hydrogen) atoms. The number of hydrogen-bond acceptors (Lipinski definition) is 5. The lowest BCUT2D eigenvalue weighted by Crippen LogP contribution is -2.14. The summed E-state index contributed by atoms with van der Waals surface area (Å²) < 4.78 is 1.93. The molecule has 0 aromatic carbocycles. The fraction of sp³-hybridized carbons (Fsp3) is 0.636. The number of nitrogens with zero attached hydrogens (tertiary/aromatic N) is 5. The lowest BCUT2D eigenvalue weighted by atomic mass is 9.96. The molecule has 0 unspecified atom stereocenters. The van der Waals surface area contributed by atoms with E-state index in [1.165, 1.54) is 31.0 Å². The van der Waals surface area contributed by atoms with Gasteiger partial charge < -0.3 is 0 Å². The van der Waals surface area contributed by atoms with Crippen molar-refractivity contribution in [3.05, 3.63) is 5.15 Å². The van der Waals surface area contributed by atoms with E-state index in [-0.39, 0.29) is 0 Å². The van der Waals surface area contributed by atoms with E-state index in [1.54, 1.807) is 0 Å². The zero-order chi connectivity index (χ0) is 12.5. The summed E-state index contributed by atoms with van der Waals surface area (Å²) in [5.41, 5.74) is 1.38. The maximum absolute atomic E-state index is 6.11. The van der Waals surface area contributed by atoms with Gasteiger partial charge in [-0.25, -0.2) is 14.6 Å². The van der Waals surface area contributed by atoms with E-state index < -0.39 is 0 Å². The summed E-state index contributed by atoms with van der Waals surface area (Å²) in [5, 5.41) is 9.41. The third-order valence-corrected chi connectivity index (χ3v) is 4.18. The van der Waals surface area contributed by atoms with E-state index in [4.69, 9.17) is 11.6 Å². The zero-order valence-corrected chi connectivity index (χ0v) is 11.7. The van der Waals surface area contributed by atoms with E-state index in [2.05, 4.69) is 20.3 Å². The Hall–Kier alpha value is -0.880. The highest BCUT2D eigenvalue weighted by Crippen LogP contribution is 2.30. The minimum absolute atomic E-state index is 0.395. The van der Waals surface area contributed by atoms with Crippen molar-refractivity contribution in [2.24, 2.45) is 0 Å². The Morgan fingerprint density at radius 3 is 2.72 bits per heavy atom. The number of thioether (sulfide) groups is 1. The Kier molecular flexibility index (Phi) is 3.39. The van der Waals surface area contributed by atoms with Crippen molar-refractivity contribution in [3.8, 4) is 0 Å². The predicted molar refractivity (Wildman–Crippen MR) is 72.0 cm³/mol. The van der Waals surface area contributed by atoms with Gasteiger partial charge in [0.05, 0.1) is 6.04 Å². The third-order valence-electron chi connectivity index (χ3n) is 3.36. The van der Waals surface area contributed by atoms with Crippen molar-refractivity contribution in [1.82, 2.24) is 25.0 Å². The van der Waals surface area contributed by atoms with Crippen LogP contribution in [0.5, 0.6) is 0 Å². The molecular weight excluding hydrogens is 270 g/mol. The summed E-state index contributed by atoms with van der Waals surface area (Å²) in [6.45, 7) is 0. The van der Waals surface area contributed by atoms with Crippen LogP contribution in [-0.2, 0) is 0 Å². The second-order valence-electron chi connectivity index (χ2n) is 4.50. The van der Waals surface area contributed by atoms with Gasteiger partial charge in [0.2, 0.25) is 0 Å². The number of hydrogen-bond donors (Lipinski definition) is 0. The van der Waals surface area contributed by atoms with Crippen molar-refractivity contribution in [3.63, 3.8) is 0 Å². The van der Waals surface area contributed by atoms with Gasteiger partial charge in [0.25, 0.3) is 0 Å². The Morgan fingerprint density at radius 2 is 2.00 bits per heavy atom. The first-order chi connectivity index (χ1) is 8.79. The standard InChI is InChI=1S/C11H14ClN5S/c1-18-11-13-9(12)8-10(14-11)17(16-15-8)7-5-3-2-4-6-7/h7H,2-6H2,1H3. The van der Waals surface area contributed by atoms with E-state index in [9.17, 15) is 0 Å². The van der Waals surface area contributed by atoms with Gasteiger partial charge in [0.15, 0.2) is 21.5 Å². The second-order valence-corrected chi connectivity index (χ2v) is 5.63. The first kappa shape index (κ1) is 12.2. The molecule has 0 amide bonds. The van der Waals surface area contributed by atoms with Gasteiger partial charge >= 0.3 is 0 Å². The molecule has 7 heteroatoms. The van der Waals surface area contributed by atoms with E-state index in [0.29, 0.717) is 21.9 Å². The maximum atomic E-state index is 6.11. The Balaban J connectivity index is 2.09. The van der Waals surface area contributed by atoms with Crippen LogP contribution in [0, 0.1) is 0 Å². The number of fused-ring (bicyclic) bond motifs is 1. The van der Waals surface area contributed by atoms with Gasteiger partial charge in [0.1, 0.15) is 0 Å². The molecule has 0 aliphatic heterocycles. The van der Waals surface area contributed by atoms with Gasteiger partial charge in [-0.2, -0.15) is 0 Å². The van der Waals surface area contributed by atoms with E-state index >= 15 is 0 Å². The van der Waals surface area contributed by atoms with Crippen LogP contribution in [0.15, 0.2) is 5.16 Å². The van der Waals surface area contributed by atoms with Crippen molar-refractivity contribution < 1.29 is 0 Å². The highest BCUT2D eigenvalue weighted by molar-refractivity contribution is 7.98. The average molecular weight is 284 g/mol. The van der Waals surface area contributed by atoms with Crippen molar-refractivity contribution in [1.29, 1.82) is 0 Å². The SMILES string of the molecule is CSc1nc(Cl)c2nnn(C3CCCCC3)c2n1. The summed E-state index contributed by atoms with van der Waals surface area (Å²) in [6, 6.07) is 0.407. The lowest BCUT2D eigenvalue weighted by Gasteiger charge is -2.21. The van der Waals surface area contributed by atoms with Gasteiger partial charge in [0, 0.05) is 0 Å². The first-order valence-electron chi connectivity index (χ1n) is 6.12. The molecule has 0 bridgehead atoms. The fourth-order valence-corrected chi connectivity index (χ4v) is 3.05. The molecule has 1 fully saturated rings. The largest absolute Gasteiger partial charge is 0.224 e. The molecule has 0 radical (unpaired) electrons. The topological polar surface area (TPSA) is 56.5 Å². The molecule has 0 saturated heterocycles. The normalized spacial score (nSPS) is 17.4. The van der Waals surface area contributed by atoms with Crippen LogP contribution in [0.2, 0.25) is 5.15 Å². The van der Waals surface area contributed by atoms with Crippen LogP contribution < -0.4 is 0 Å². The first-order valence-corrected chi connectivity index (χ1v) is 7.72. The number of halogens is 1. The Labute approximate surface area is 114 Å². The monoisotopic (exact) mass is 283 g/mol. The summed E-state index contributed by atoms with van der Waals surface area (Å²) >= 11 is 7.59. The van der Waals surface area contributed by atoms with Crippen LogP contribution in [0.1, 0.15) is 38.1 Å². The van der Waals surface area contributed by atoms with Gasteiger partial charge in [-0.1, -0.05) is 47.8 Å². The third kappa shape index (κ3) is 2.07. The Morgan fingerprint density at radius 1 is 1.22 bits per heavy atom. The lowest BCUT2D eigenvalue weighted by molar-refractivity contribution is 0.330. The molecule has 2 aromatic heterocycles. The van der Waals surface area contributed by atoms with Gasteiger partial charge in [-0.3, -0.25) is 0 Å². The molecule has 1 aliphatic carbocycles. The molecular formula is C11H14ClN5S.